The first-order valence-corrected chi connectivity index (χ1v) is 13.9. The summed E-state index contributed by atoms with van der Waals surface area (Å²) in [6, 6.07) is 11.9. The summed E-state index contributed by atoms with van der Waals surface area (Å²) in [5.41, 5.74) is 4.06. The van der Waals surface area contributed by atoms with Crippen molar-refractivity contribution in [3.63, 3.8) is 0 Å². The Balaban J connectivity index is 1.08. The highest BCUT2D eigenvalue weighted by atomic mass is 19.3. The largest absolute Gasteiger partial charge is 0.415 e. The summed E-state index contributed by atoms with van der Waals surface area (Å²) < 4.78 is 38.1. The molecule has 3 aliphatic rings. The molecule has 0 N–H and O–H groups in total. The number of aromatic nitrogens is 4. The highest BCUT2D eigenvalue weighted by Crippen LogP contribution is 2.49. The lowest BCUT2D eigenvalue weighted by Gasteiger charge is -2.57. The van der Waals surface area contributed by atoms with Crippen molar-refractivity contribution in [2.75, 3.05) is 44.3 Å². The molecule has 10 nitrogen and oxygen atoms in total. The maximum atomic E-state index is 13.9. The Kier molecular flexibility index (Phi) is 6.46. The van der Waals surface area contributed by atoms with Crippen molar-refractivity contribution in [2.24, 2.45) is 5.41 Å². The quantitative estimate of drug-likeness (QED) is 0.340. The van der Waals surface area contributed by atoms with E-state index in [0.29, 0.717) is 41.5 Å². The molecular weight excluding hydrogens is 532 g/mol. The van der Waals surface area contributed by atoms with Gasteiger partial charge in [0, 0.05) is 61.3 Å². The second kappa shape index (κ2) is 10.2. The van der Waals surface area contributed by atoms with E-state index in [1.54, 1.807) is 23.2 Å². The third-order valence-electron chi connectivity index (χ3n) is 8.50. The number of anilines is 1. The summed E-state index contributed by atoms with van der Waals surface area (Å²) in [6.07, 6.45) is 3.19. The number of ether oxygens (including phenoxy) is 1. The van der Waals surface area contributed by atoms with Crippen molar-refractivity contribution in [3.8, 4) is 11.5 Å². The highest BCUT2D eigenvalue weighted by Gasteiger charge is 2.51. The number of nitrogens with zero attached hydrogens (tertiary/aromatic N) is 7. The summed E-state index contributed by atoms with van der Waals surface area (Å²) in [5.74, 6) is -0.720. The lowest BCUT2D eigenvalue weighted by atomic mass is 9.63. The molecule has 0 radical (unpaired) electrons. The van der Waals surface area contributed by atoms with E-state index >= 15 is 0 Å². The highest BCUT2D eigenvalue weighted by molar-refractivity contribution is 5.92. The van der Waals surface area contributed by atoms with Gasteiger partial charge in [-0.25, -0.2) is 9.78 Å². The average Bonchev–Trinajstić information content (AvgIpc) is 3.57. The van der Waals surface area contributed by atoms with Crippen LogP contribution in [0.5, 0.6) is 0 Å². The first kappa shape index (κ1) is 26.0. The Labute approximate surface area is 235 Å². The predicted octanol–water partition coefficient (Wildman–Crippen LogP) is 4.55. The molecule has 3 aromatic heterocycles. The molecule has 1 spiro atoms. The zero-order valence-corrected chi connectivity index (χ0v) is 22.7. The van der Waals surface area contributed by atoms with Crippen LogP contribution in [0.25, 0.3) is 17.1 Å². The van der Waals surface area contributed by atoms with Gasteiger partial charge in [0.25, 0.3) is 5.89 Å². The molecule has 214 valence electrons. The molecule has 1 aliphatic carbocycles. The van der Waals surface area contributed by atoms with Gasteiger partial charge in [0.05, 0.1) is 25.5 Å². The Hall–Kier alpha value is -3.90. The van der Waals surface area contributed by atoms with Crippen LogP contribution in [0, 0.1) is 12.3 Å². The minimum absolute atomic E-state index is 0.00106. The number of hydrogen-bond donors (Lipinski definition) is 0. The van der Waals surface area contributed by atoms with Gasteiger partial charge in [0.15, 0.2) is 0 Å². The van der Waals surface area contributed by atoms with E-state index in [1.807, 2.05) is 46.7 Å². The van der Waals surface area contributed by atoms with Gasteiger partial charge >= 0.3 is 12.5 Å². The van der Waals surface area contributed by atoms with Crippen LogP contribution in [0.4, 0.5) is 19.3 Å². The number of alkyl halides is 2. The number of rotatable bonds is 6. The van der Waals surface area contributed by atoms with Crippen LogP contribution in [0.1, 0.15) is 36.4 Å². The molecule has 5 heterocycles. The first-order chi connectivity index (χ1) is 19.9. The molecule has 12 heteroatoms. The van der Waals surface area contributed by atoms with Crippen LogP contribution < -0.4 is 4.90 Å². The molecule has 2 amide bonds. The van der Waals surface area contributed by atoms with E-state index in [2.05, 4.69) is 15.1 Å². The summed E-state index contributed by atoms with van der Waals surface area (Å²) in [6.45, 7) is 7.18. The van der Waals surface area contributed by atoms with Gasteiger partial charge in [0.2, 0.25) is 5.89 Å². The van der Waals surface area contributed by atoms with Gasteiger partial charge < -0.3 is 18.5 Å². The standard InChI is InChI=1S/C29H31F2N7O3/c1-19-3-2-4-22(11-19)38(28(39)36-9-7-35(8-10-36)23-13-29(14-23)17-40-18-29)16-21-15-37-6-5-20(12-24(37)32-21)26-33-34-27(41-26)25(30)31/h2-6,11-12,15,23,25H,7-10,13-14,16-18H2,1H3. The zero-order valence-electron chi connectivity index (χ0n) is 22.7. The number of fused-ring (bicyclic) bond motifs is 1. The van der Waals surface area contributed by atoms with E-state index < -0.39 is 12.3 Å². The maximum absolute atomic E-state index is 13.9. The molecule has 1 aromatic carbocycles. The minimum Gasteiger partial charge on any atom is -0.415 e. The fourth-order valence-corrected chi connectivity index (χ4v) is 6.18. The van der Waals surface area contributed by atoms with E-state index in [4.69, 9.17) is 14.1 Å². The summed E-state index contributed by atoms with van der Waals surface area (Å²) in [5, 5.41) is 7.14. The van der Waals surface area contributed by atoms with Crippen LogP contribution in [-0.4, -0.2) is 80.8 Å². The number of hydrogen-bond acceptors (Lipinski definition) is 7. The van der Waals surface area contributed by atoms with E-state index in [1.165, 1.54) is 12.8 Å². The van der Waals surface area contributed by atoms with Crippen molar-refractivity contribution < 1.29 is 22.7 Å². The molecule has 0 unspecified atom stereocenters. The lowest BCUT2D eigenvalue weighted by molar-refractivity contribution is -0.186. The third kappa shape index (κ3) is 4.95. The number of amides is 2. The molecule has 3 fully saturated rings. The van der Waals surface area contributed by atoms with Crippen LogP contribution in [0.3, 0.4) is 0 Å². The number of pyridine rings is 1. The number of piperazine rings is 1. The molecule has 41 heavy (non-hydrogen) atoms. The normalized spacial score (nSPS) is 19.1. The van der Waals surface area contributed by atoms with Crippen LogP contribution in [-0.2, 0) is 11.3 Å². The van der Waals surface area contributed by atoms with Crippen molar-refractivity contribution in [2.45, 2.75) is 38.8 Å². The van der Waals surface area contributed by atoms with Gasteiger partial charge in [-0.1, -0.05) is 12.1 Å². The van der Waals surface area contributed by atoms with E-state index in [0.717, 1.165) is 37.6 Å². The predicted molar refractivity (Wildman–Crippen MR) is 146 cm³/mol. The average molecular weight is 564 g/mol. The van der Waals surface area contributed by atoms with Crippen molar-refractivity contribution >= 4 is 17.4 Å². The molecule has 1 saturated carbocycles. The summed E-state index contributed by atoms with van der Waals surface area (Å²) >= 11 is 0. The van der Waals surface area contributed by atoms with Gasteiger partial charge in [0.1, 0.15) is 5.65 Å². The second-order valence-corrected chi connectivity index (χ2v) is 11.4. The van der Waals surface area contributed by atoms with Gasteiger partial charge in [-0.2, -0.15) is 8.78 Å². The first-order valence-electron chi connectivity index (χ1n) is 13.9. The third-order valence-corrected chi connectivity index (χ3v) is 8.50. The van der Waals surface area contributed by atoms with Crippen LogP contribution in [0.2, 0.25) is 0 Å². The second-order valence-electron chi connectivity index (χ2n) is 11.4. The Morgan fingerprint density at radius 3 is 2.61 bits per heavy atom. The fourth-order valence-electron chi connectivity index (χ4n) is 6.18. The van der Waals surface area contributed by atoms with Crippen molar-refractivity contribution in [1.29, 1.82) is 0 Å². The fraction of sp³-hybridized carbons (Fsp3) is 0.448. The molecule has 2 saturated heterocycles. The Bertz CT molecular complexity index is 1570. The van der Waals surface area contributed by atoms with Gasteiger partial charge in [-0.15, -0.1) is 10.2 Å². The monoisotopic (exact) mass is 563 g/mol. The smallest absolute Gasteiger partial charge is 0.324 e. The number of carbonyl (C=O) groups excluding carboxylic acids is 1. The van der Waals surface area contributed by atoms with E-state index in [9.17, 15) is 13.6 Å². The maximum Gasteiger partial charge on any atom is 0.324 e. The molecule has 4 aromatic rings. The summed E-state index contributed by atoms with van der Waals surface area (Å²) in [4.78, 5) is 24.9. The van der Waals surface area contributed by atoms with Crippen LogP contribution in [0.15, 0.2) is 53.2 Å². The lowest BCUT2D eigenvalue weighted by Crippen LogP contribution is -2.63. The number of urea groups is 1. The number of aryl methyl sites for hydroxylation is 1. The Morgan fingerprint density at radius 1 is 1.12 bits per heavy atom. The van der Waals surface area contributed by atoms with E-state index in [-0.39, 0.29) is 18.5 Å². The number of benzene rings is 1. The topological polar surface area (TPSA) is 92.2 Å². The van der Waals surface area contributed by atoms with Gasteiger partial charge in [-0.05, 0) is 49.6 Å². The summed E-state index contributed by atoms with van der Waals surface area (Å²) in [7, 11) is 0. The zero-order chi connectivity index (χ0) is 28.1. The number of imidazole rings is 1. The molecule has 0 atom stereocenters. The van der Waals surface area contributed by atoms with Crippen molar-refractivity contribution in [3.05, 3.63) is 65.9 Å². The van der Waals surface area contributed by atoms with Crippen LogP contribution >= 0.6 is 0 Å². The van der Waals surface area contributed by atoms with Crippen molar-refractivity contribution in [1.82, 2.24) is 29.4 Å². The van der Waals surface area contributed by atoms with Gasteiger partial charge in [-0.3, -0.25) is 9.80 Å². The molecule has 7 rings (SSSR count). The SMILES string of the molecule is Cc1cccc(N(Cc2cn3ccc(-c4nnc(C(F)F)o4)cc3n2)C(=O)N2CCN(C3CC4(COC4)C3)CC2)c1. The Morgan fingerprint density at radius 2 is 1.93 bits per heavy atom. The minimum atomic E-state index is -2.83. The number of carbonyl (C=O) groups is 1. The number of halogens is 2. The molecule has 0 bridgehead atoms. The molecular formula is C29H31F2N7O3. The molecule has 2 aliphatic heterocycles.